The second kappa shape index (κ2) is 9.74. The number of ether oxygens (including phenoxy) is 1. The molecule has 0 saturated heterocycles. The second-order valence-electron chi connectivity index (χ2n) is 9.47. The second-order valence-corrected chi connectivity index (χ2v) is 11.3. The Kier molecular flexibility index (Phi) is 7.35. The first-order valence-electron chi connectivity index (χ1n) is 11.3. The van der Waals surface area contributed by atoms with Gasteiger partial charge in [0.15, 0.2) is 0 Å². The lowest BCUT2D eigenvalue weighted by molar-refractivity contribution is -0.155. The van der Waals surface area contributed by atoms with Gasteiger partial charge in [-0.3, -0.25) is 9.10 Å². The fourth-order valence-corrected chi connectivity index (χ4v) is 5.49. The fourth-order valence-electron chi connectivity index (χ4n) is 3.83. The summed E-state index contributed by atoms with van der Waals surface area (Å²) in [6, 6.07) is 9.56. The molecule has 1 heterocycles. The van der Waals surface area contributed by atoms with Crippen LogP contribution in [-0.4, -0.2) is 35.6 Å². The Balaban J connectivity index is 2.06. The van der Waals surface area contributed by atoms with E-state index in [2.05, 4.69) is 0 Å². The number of imidazole rings is 1. The summed E-state index contributed by atoms with van der Waals surface area (Å²) in [4.78, 5) is 17.2. The van der Waals surface area contributed by atoms with Crippen molar-refractivity contribution in [3.63, 3.8) is 0 Å². The predicted molar refractivity (Wildman–Crippen MR) is 131 cm³/mol. The maximum absolute atomic E-state index is 13.4. The van der Waals surface area contributed by atoms with Crippen LogP contribution in [0.25, 0.3) is 11.0 Å². The molecule has 0 atom stereocenters. The lowest BCUT2D eigenvalue weighted by atomic mass is 10.2. The summed E-state index contributed by atoms with van der Waals surface area (Å²) < 4.78 is 48.8. The summed E-state index contributed by atoms with van der Waals surface area (Å²) in [5.74, 6) is -0.135. The zero-order valence-electron chi connectivity index (χ0n) is 20.5. The van der Waals surface area contributed by atoms with E-state index in [-0.39, 0.29) is 17.4 Å². The van der Waals surface area contributed by atoms with Crippen molar-refractivity contribution in [1.29, 1.82) is 0 Å². The molecule has 0 aliphatic carbocycles. The Labute approximate surface area is 200 Å². The Morgan fingerprint density at radius 2 is 1.79 bits per heavy atom. The standard InChI is InChI=1S/C25H32FN3O4S/c1-7-8-23-27-21-15-19(11-14-22(21)28(23)16-24(30)33-25(4,5)6)29(17(2)3)34(31,32)20-12-9-18(26)10-13-20/h9-15,17H,7-8,16H2,1-6H3. The van der Waals surface area contributed by atoms with Gasteiger partial charge in [0.05, 0.1) is 21.6 Å². The molecule has 0 aliphatic heterocycles. The van der Waals surface area contributed by atoms with E-state index in [0.717, 1.165) is 29.9 Å². The lowest BCUT2D eigenvalue weighted by Gasteiger charge is -2.28. The van der Waals surface area contributed by atoms with E-state index in [1.807, 2.05) is 32.3 Å². The monoisotopic (exact) mass is 489 g/mol. The van der Waals surface area contributed by atoms with E-state index in [9.17, 15) is 17.6 Å². The number of hydrogen-bond acceptors (Lipinski definition) is 5. The van der Waals surface area contributed by atoms with Crippen LogP contribution in [0.3, 0.4) is 0 Å². The first-order chi connectivity index (χ1) is 15.8. The van der Waals surface area contributed by atoms with Crippen molar-refractivity contribution in [2.75, 3.05) is 4.31 Å². The SMILES string of the molecule is CCCc1nc2cc(N(C(C)C)S(=O)(=O)c3ccc(F)cc3)ccc2n1CC(=O)OC(C)(C)C. The van der Waals surface area contributed by atoms with E-state index < -0.39 is 27.5 Å². The van der Waals surface area contributed by atoms with Crippen molar-refractivity contribution in [2.24, 2.45) is 0 Å². The number of rotatable bonds is 8. The number of fused-ring (bicyclic) bond motifs is 1. The Hall–Kier alpha value is -2.94. The minimum Gasteiger partial charge on any atom is -0.459 e. The van der Waals surface area contributed by atoms with Gasteiger partial charge in [0.2, 0.25) is 0 Å². The smallest absolute Gasteiger partial charge is 0.326 e. The van der Waals surface area contributed by atoms with E-state index in [4.69, 9.17) is 9.72 Å². The maximum atomic E-state index is 13.4. The highest BCUT2D eigenvalue weighted by Gasteiger charge is 2.28. The van der Waals surface area contributed by atoms with Crippen molar-refractivity contribution in [3.8, 4) is 0 Å². The Bertz CT molecular complexity index is 1280. The summed E-state index contributed by atoms with van der Waals surface area (Å²) in [6.07, 6.45) is 1.50. The van der Waals surface area contributed by atoms with Crippen LogP contribution in [0.1, 0.15) is 53.8 Å². The molecule has 0 amide bonds. The molecular formula is C25H32FN3O4S. The third kappa shape index (κ3) is 5.58. The molecule has 3 aromatic rings. The number of aryl methyl sites for hydroxylation is 1. The number of carbonyl (C=O) groups excluding carboxylic acids is 1. The lowest BCUT2D eigenvalue weighted by Crippen LogP contribution is -2.37. The van der Waals surface area contributed by atoms with Crippen LogP contribution in [0.5, 0.6) is 0 Å². The van der Waals surface area contributed by atoms with E-state index in [1.165, 1.54) is 16.4 Å². The molecule has 7 nitrogen and oxygen atoms in total. The van der Waals surface area contributed by atoms with Crippen molar-refractivity contribution in [2.45, 2.75) is 77.5 Å². The highest BCUT2D eigenvalue weighted by atomic mass is 32.2. The molecular weight excluding hydrogens is 457 g/mol. The number of anilines is 1. The molecule has 0 aliphatic rings. The molecule has 9 heteroatoms. The van der Waals surface area contributed by atoms with Crippen LogP contribution in [-0.2, 0) is 32.5 Å². The first-order valence-corrected chi connectivity index (χ1v) is 12.8. The van der Waals surface area contributed by atoms with Gasteiger partial charge in [0, 0.05) is 12.5 Å². The molecule has 2 aromatic carbocycles. The fraction of sp³-hybridized carbons (Fsp3) is 0.440. The van der Waals surface area contributed by atoms with Crippen molar-refractivity contribution in [1.82, 2.24) is 9.55 Å². The zero-order valence-corrected chi connectivity index (χ0v) is 21.3. The number of hydrogen-bond donors (Lipinski definition) is 0. The van der Waals surface area contributed by atoms with Gasteiger partial charge in [-0.05, 0) is 83.5 Å². The Morgan fingerprint density at radius 3 is 2.35 bits per heavy atom. The van der Waals surface area contributed by atoms with Gasteiger partial charge in [-0.25, -0.2) is 17.8 Å². The quantitative estimate of drug-likeness (QED) is 0.413. The van der Waals surface area contributed by atoms with Crippen molar-refractivity contribution < 1.29 is 22.3 Å². The first kappa shape index (κ1) is 25.7. The third-order valence-electron chi connectivity index (χ3n) is 5.09. The summed E-state index contributed by atoms with van der Waals surface area (Å²) in [5.41, 5.74) is 1.15. The minimum absolute atomic E-state index is 0.00447. The number of nitrogens with zero attached hydrogens (tertiary/aromatic N) is 3. The Morgan fingerprint density at radius 1 is 1.15 bits per heavy atom. The van der Waals surface area contributed by atoms with Gasteiger partial charge in [-0.15, -0.1) is 0 Å². The van der Waals surface area contributed by atoms with Crippen LogP contribution < -0.4 is 4.31 Å². The average molecular weight is 490 g/mol. The zero-order chi connectivity index (χ0) is 25.3. The number of carbonyl (C=O) groups is 1. The van der Waals surface area contributed by atoms with Gasteiger partial charge in [0.1, 0.15) is 23.8 Å². The van der Waals surface area contributed by atoms with Crippen LogP contribution >= 0.6 is 0 Å². The van der Waals surface area contributed by atoms with Gasteiger partial charge in [0.25, 0.3) is 10.0 Å². The molecule has 0 bridgehead atoms. The topological polar surface area (TPSA) is 81.5 Å². The molecule has 0 fully saturated rings. The summed E-state index contributed by atoms with van der Waals surface area (Å²) in [5, 5.41) is 0. The van der Waals surface area contributed by atoms with Gasteiger partial charge in [-0.2, -0.15) is 0 Å². The minimum atomic E-state index is -3.93. The molecule has 0 N–H and O–H groups in total. The van der Waals surface area contributed by atoms with Crippen LogP contribution in [0.2, 0.25) is 0 Å². The molecule has 3 rings (SSSR count). The van der Waals surface area contributed by atoms with Gasteiger partial charge >= 0.3 is 5.97 Å². The molecule has 0 saturated carbocycles. The highest BCUT2D eigenvalue weighted by Crippen LogP contribution is 2.30. The molecule has 184 valence electrons. The number of esters is 1. The van der Waals surface area contributed by atoms with Gasteiger partial charge in [-0.1, -0.05) is 6.92 Å². The number of benzene rings is 2. The van der Waals surface area contributed by atoms with Crippen molar-refractivity contribution in [3.05, 3.63) is 54.1 Å². The van der Waals surface area contributed by atoms with Crippen LogP contribution in [0, 0.1) is 5.82 Å². The summed E-state index contributed by atoms with van der Waals surface area (Å²) in [7, 11) is -3.93. The largest absolute Gasteiger partial charge is 0.459 e. The number of sulfonamides is 1. The number of aromatic nitrogens is 2. The molecule has 0 radical (unpaired) electrons. The number of halogens is 1. The average Bonchev–Trinajstić information content (AvgIpc) is 3.03. The summed E-state index contributed by atoms with van der Waals surface area (Å²) >= 11 is 0. The summed E-state index contributed by atoms with van der Waals surface area (Å²) in [6.45, 7) is 11.0. The molecule has 34 heavy (non-hydrogen) atoms. The molecule has 0 spiro atoms. The van der Waals surface area contributed by atoms with Gasteiger partial charge < -0.3 is 9.30 Å². The van der Waals surface area contributed by atoms with E-state index >= 15 is 0 Å². The molecule has 1 aromatic heterocycles. The van der Waals surface area contributed by atoms with Crippen molar-refractivity contribution >= 4 is 32.7 Å². The maximum Gasteiger partial charge on any atom is 0.326 e. The highest BCUT2D eigenvalue weighted by molar-refractivity contribution is 7.92. The van der Waals surface area contributed by atoms with Crippen LogP contribution in [0.4, 0.5) is 10.1 Å². The van der Waals surface area contributed by atoms with E-state index in [1.54, 1.807) is 32.0 Å². The molecule has 0 unspecified atom stereocenters. The normalized spacial score (nSPS) is 12.4. The predicted octanol–water partition coefficient (Wildman–Crippen LogP) is 5.07. The third-order valence-corrected chi connectivity index (χ3v) is 7.10. The van der Waals surface area contributed by atoms with Crippen LogP contribution in [0.15, 0.2) is 47.4 Å². The van der Waals surface area contributed by atoms with E-state index in [0.29, 0.717) is 17.6 Å².